The number of rotatable bonds is 3. The van der Waals surface area contributed by atoms with Crippen molar-refractivity contribution in [1.82, 2.24) is 5.32 Å². The number of aryl methyl sites for hydroxylation is 1. The van der Waals surface area contributed by atoms with E-state index < -0.39 is 0 Å². The third kappa shape index (κ3) is 3.72. The first kappa shape index (κ1) is 13.9. The summed E-state index contributed by atoms with van der Waals surface area (Å²) < 4.78 is 0. The van der Waals surface area contributed by atoms with Gasteiger partial charge in [-0.3, -0.25) is 0 Å². The number of hydrogen-bond acceptors (Lipinski definition) is 2. The molecule has 100 valence electrons. The predicted molar refractivity (Wildman–Crippen MR) is 81.1 cm³/mol. The molecule has 1 heterocycles. The van der Waals surface area contributed by atoms with E-state index in [4.69, 9.17) is 11.6 Å². The molecule has 0 aliphatic rings. The average Bonchev–Trinajstić information content (AvgIpc) is 2.87. The highest BCUT2D eigenvalue weighted by Gasteiger charge is 2.11. The molecule has 0 aliphatic carbocycles. The van der Waals surface area contributed by atoms with Crippen molar-refractivity contribution in [3.8, 4) is 0 Å². The van der Waals surface area contributed by atoms with Gasteiger partial charge in [0.1, 0.15) is 0 Å². The maximum atomic E-state index is 11.9. The molecule has 19 heavy (non-hydrogen) atoms. The van der Waals surface area contributed by atoms with Crippen LogP contribution in [0.5, 0.6) is 0 Å². The van der Waals surface area contributed by atoms with E-state index in [2.05, 4.69) is 10.6 Å². The fourth-order valence-electron chi connectivity index (χ4n) is 1.69. The molecule has 0 bridgehead atoms. The van der Waals surface area contributed by atoms with E-state index in [1.807, 2.05) is 37.4 Å². The molecule has 1 aromatic heterocycles. The molecule has 1 unspecified atom stereocenters. The van der Waals surface area contributed by atoms with Crippen molar-refractivity contribution in [1.29, 1.82) is 0 Å². The maximum absolute atomic E-state index is 11.9. The van der Waals surface area contributed by atoms with Crippen LogP contribution in [0, 0.1) is 6.92 Å². The summed E-state index contributed by atoms with van der Waals surface area (Å²) in [5, 5.41) is 8.31. The van der Waals surface area contributed by atoms with Crippen LogP contribution in [0.3, 0.4) is 0 Å². The summed E-state index contributed by atoms with van der Waals surface area (Å²) in [6, 6.07) is 9.14. The van der Waals surface area contributed by atoms with E-state index >= 15 is 0 Å². The van der Waals surface area contributed by atoms with Gasteiger partial charge in [-0.25, -0.2) is 4.79 Å². The number of benzene rings is 1. The van der Waals surface area contributed by atoms with E-state index in [0.717, 1.165) is 16.1 Å². The van der Waals surface area contributed by atoms with Gasteiger partial charge in [-0.15, -0.1) is 11.3 Å². The lowest BCUT2D eigenvalue weighted by Crippen LogP contribution is -2.31. The third-order valence-electron chi connectivity index (χ3n) is 2.77. The second-order valence-electron chi connectivity index (χ2n) is 4.29. The molecule has 1 atom stereocenters. The Kier molecular flexibility index (Phi) is 4.45. The van der Waals surface area contributed by atoms with Crippen molar-refractivity contribution in [3.05, 3.63) is 51.2 Å². The van der Waals surface area contributed by atoms with Crippen LogP contribution >= 0.6 is 22.9 Å². The Labute approximate surface area is 121 Å². The molecule has 0 saturated carbocycles. The molecule has 2 rings (SSSR count). The summed E-state index contributed by atoms with van der Waals surface area (Å²) in [5.74, 6) is 0. The van der Waals surface area contributed by atoms with Gasteiger partial charge in [0.25, 0.3) is 0 Å². The minimum Gasteiger partial charge on any atom is -0.331 e. The fraction of sp³-hybridized carbons (Fsp3) is 0.214. The Morgan fingerprint density at radius 1 is 1.37 bits per heavy atom. The van der Waals surface area contributed by atoms with E-state index in [-0.39, 0.29) is 12.1 Å². The second kappa shape index (κ2) is 6.08. The summed E-state index contributed by atoms with van der Waals surface area (Å²) >= 11 is 7.54. The van der Waals surface area contributed by atoms with Crippen molar-refractivity contribution in [2.45, 2.75) is 19.9 Å². The van der Waals surface area contributed by atoms with Crippen molar-refractivity contribution in [3.63, 3.8) is 0 Å². The van der Waals surface area contributed by atoms with Crippen LogP contribution in [0.2, 0.25) is 5.02 Å². The molecule has 0 fully saturated rings. The topological polar surface area (TPSA) is 41.1 Å². The van der Waals surface area contributed by atoms with Gasteiger partial charge in [0, 0.05) is 15.6 Å². The van der Waals surface area contributed by atoms with Crippen LogP contribution in [0.15, 0.2) is 35.7 Å². The highest BCUT2D eigenvalue weighted by atomic mass is 35.5. The number of nitrogens with one attached hydrogen (secondary N) is 2. The normalized spacial score (nSPS) is 11.9. The average molecular weight is 295 g/mol. The number of carbonyl (C=O) groups excluding carboxylic acids is 1. The van der Waals surface area contributed by atoms with E-state index in [1.165, 1.54) is 0 Å². The number of urea groups is 1. The highest BCUT2D eigenvalue weighted by molar-refractivity contribution is 7.10. The number of hydrogen-bond donors (Lipinski definition) is 2. The molecule has 2 aromatic rings. The first-order chi connectivity index (χ1) is 9.06. The zero-order chi connectivity index (χ0) is 13.8. The number of anilines is 1. The summed E-state index contributed by atoms with van der Waals surface area (Å²) in [5.41, 5.74) is 1.70. The second-order valence-corrected chi connectivity index (χ2v) is 5.71. The molecular formula is C14H15ClN2OS. The first-order valence-corrected chi connectivity index (χ1v) is 7.19. The lowest BCUT2D eigenvalue weighted by molar-refractivity contribution is 0.249. The molecule has 5 heteroatoms. The van der Waals surface area contributed by atoms with Gasteiger partial charge in [-0.1, -0.05) is 23.7 Å². The van der Waals surface area contributed by atoms with Gasteiger partial charge in [0.15, 0.2) is 0 Å². The SMILES string of the molecule is Cc1ccc(Cl)cc1NC(=O)NC(C)c1cccs1. The fourth-order valence-corrected chi connectivity index (χ4v) is 2.60. The smallest absolute Gasteiger partial charge is 0.319 e. The van der Waals surface area contributed by atoms with Crippen molar-refractivity contribution < 1.29 is 4.79 Å². The Bertz CT molecular complexity index is 569. The van der Waals surface area contributed by atoms with Crippen LogP contribution in [-0.2, 0) is 0 Å². The minimum atomic E-state index is -0.230. The predicted octanol–water partition coefficient (Wildman–Crippen LogP) is 4.59. The quantitative estimate of drug-likeness (QED) is 0.854. The van der Waals surface area contributed by atoms with Crippen LogP contribution in [0.25, 0.3) is 0 Å². The van der Waals surface area contributed by atoms with Gasteiger partial charge >= 0.3 is 6.03 Å². The van der Waals surface area contributed by atoms with Gasteiger partial charge in [0.2, 0.25) is 0 Å². The molecule has 0 radical (unpaired) electrons. The molecular weight excluding hydrogens is 280 g/mol. The standard InChI is InChI=1S/C14H15ClN2OS/c1-9-5-6-11(15)8-12(9)17-14(18)16-10(2)13-4-3-7-19-13/h3-8,10H,1-2H3,(H2,16,17,18). The summed E-state index contributed by atoms with van der Waals surface area (Å²) in [6.45, 7) is 3.88. The monoisotopic (exact) mass is 294 g/mol. The third-order valence-corrected chi connectivity index (χ3v) is 4.06. The molecule has 0 aliphatic heterocycles. The molecule has 0 saturated heterocycles. The zero-order valence-corrected chi connectivity index (χ0v) is 12.3. The Morgan fingerprint density at radius 3 is 2.84 bits per heavy atom. The Morgan fingerprint density at radius 2 is 2.16 bits per heavy atom. The first-order valence-electron chi connectivity index (χ1n) is 5.93. The van der Waals surface area contributed by atoms with E-state index in [1.54, 1.807) is 23.5 Å². The van der Waals surface area contributed by atoms with Crippen LogP contribution in [-0.4, -0.2) is 6.03 Å². The minimum absolute atomic E-state index is 0.0144. The molecule has 0 spiro atoms. The van der Waals surface area contributed by atoms with Gasteiger partial charge in [0.05, 0.1) is 6.04 Å². The maximum Gasteiger partial charge on any atom is 0.319 e. The van der Waals surface area contributed by atoms with Crippen LogP contribution in [0.4, 0.5) is 10.5 Å². The largest absolute Gasteiger partial charge is 0.331 e. The van der Waals surface area contributed by atoms with Crippen LogP contribution < -0.4 is 10.6 Å². The van der Waals surface area contributed by atoms with Crippen molar-refractivity contribution in [2.24, 2.45) is 0 Å². The lowest BCUT2D eigenvalue weighted by Gasteiger charge is -2.14. The summed E-state index contributed by atoms with van der Waals surface area (Å²) in [7, 11) is 0. The summed E-state index contributed by atoms with van der Waals surface area (Å²) in [6.07, 6.45) is 0. The van der Waals surface area contributed by atoms with E-state index in [9.17, 15) is 4.79 Å². The number of halogens is 1. The molecule has 3 nitrogen and oxygen atoms in total. The number of carbonyl (C=O) groups is 1. The van der Waals surface area contributed by atoms with Gasteiger partial charge in [-0.2, -0.15) is 0 Å². The lowest BCUT2D eigenvalue weighted by atomic mass is 10.2. The van der Waals surface area contributed by atoms with Crippen molar-refractivity contribution in [2.75, 3.05) is 5.32 Å². The molecule has 1 aromatic carbocycles. The van der Waals surface area contributed by atoms with Gasteiger partial charge in [-0.05, 0) is 43.0 Å². The highest BCUT2D eigenvalue weighted by Crippen LogP contribution is 2.21. The Balaban J connectivity index is 1.99. The van der Waals surface area contributed by atoms with Crippen molar-refractivity contribution >= 4 is 34.7 Å². The number of thiophene rings is 1. The molecule has 2 amide bonds. The number of amides is 2. The van der Waals surface area contributed by atoms with Crippen LogP contribution in [0.1, 0.15) is 23.4 Å². The Hall–Kier alpha value is -1.52. The zero-order valence-electron chi connectivity index (χ0n) is 10.7. The van der Waals surface area contributed by atoms with E-state index in [0.29, 0.717) is 5.02 Å². The van der Waals surface area contributed by atoms with Gasteiger partial charge < -0.3 is 10.6 Å². The summed E-state index contributed by atoms with van der Waals surface area (Å²) in [4.78, 5) is 13.0. The molecule has 2 N–H and O–H groups in total.